The van der Waals surface area contributed by atoms with Crippen molar-refractivity contribution < 1.29 is 4.79 Å². The van der Waals surface area contributed by atoms with E-state index in [-0.39, 0.29) is 18.0 Å². The van der Waals surface area contributed by atoms with Crippen LogP contribution in [0.25, 0.3) is 11.4 Å². The zero-order valence-electron chi connectivity index (χ0n) is 16.5. The van der Waals surface area contributed by atoms with Crippen molar-refractivity contribution in [2.75, 3.05) is 5.75 Å². The predicted octanol–water partition coefficient (Wildman–Crippen LogP) is 4.55. The van der Waals surface area contributed by atoms with Gasteiger partial charge in [0.05, 0.1) is 5.75 Å². The topological polar surface area (TPSA) is 61.9 Å². The third kappa shape index (κ3) is 5.10. The number of benzene rings is 1. The van der Waals surface area contributed by atoms with Gasteiger partial charge in [0.2, 0.25) is 11.1 Å². The number of H-pyrrole nitrogens is 1. The van der Waals surface area contributed by atoms with Crippen molar-refractivity contribution >= 4 is 17.7 Å². The first-order valence-corrected chi connectivity index (χ1v) is 10.4. The summed E-state index contributed by atoms with van der Waals surface area (Å²) in [5.41, 5.74) is 2.30. The highest BCUT2D eigenvalue weighted by molar-refractivity contribution is 7.99. The average molecular weight is 375 g/mol. The minimum Gasteiger partial charge on any atom is -0.337 e. The van der Waals surface area contributed by atoms with Gasteiger partial charge in [-0.3, -0.25) is 9.89 Å². The van der Waals surface area contributed by atoms with E-state index in [9.17, 15) is 4.79 Å². The summed E-state index contributed by atoms with van der Waals surface area (Å²) >= 11 is 1.39. The second-order valence-electron chi connectivity index (χ2n) is 6.62. The minimum atomic E-state index is 0.150. The molecule has 142 valence electrons. The molecule has 1 heterocycles. The Balaban J connectivity index is 2.00. The Morgan fingerprint density at radius 1 is 1.12 bits per heavy atom. The first-order valence-electron chi connectivity index (χ1n) is 9.45. The maximum Gasteiger partial charge on any atom is 0.233 e. The Bertz CT molecular complexity index is 688. The maximum absolute atomic E-state index is 12.7. The number of thioether (sulfide) groups is 1. The number of nitrogens with one attached hydrogen (secondary N) is 1. The lowest BCUT2D eigenvalue weighted by molar-refractivity contribution is -0.132. The number of hydrogen-bond acceptors (Lipinski definition) is 4. The molecule has 2 rings (SSSR count). The molecule has 0 saturated carbocycles. The van der Waals surface area contributed by atoms with E-state index in [0.717, 1.165) is 30.7 Å². The zero-order valence-corrected chi connectivity index (χ0v) is 17.3. The highest BCUT2D eigenvalue weighted by atomic mass is 32.2. The van der Waals surface area contributed by atoms with E-state index in [4.69, 9.17) is 0 Å². The van der Waals surface area contributed by atoms with E-state index in [0.29, 0.717) is 10.9 Å². The van der Waals surface area contributed by atoms with Crippen molar-refractivity contribution in [1.82, 2.24) is 20.1 Å². The molecule has 0 fully saturated rings. The standard InChI is InChI=1S/C20H30N4OS/c1-6-14(4)24(15(5)7-2)18(25)13-26-20-21-19(22-23-20)17-11-9-16(8-3)10-12-17/h9-12,14-15H,6-8,13H2,1-5H3,(H,21,22,23)/t14-,15-/m0/s1. The van der Waals surface area contributed by atoms with Crippen molar-refractivity contribution in [1.29, 1.82) is 0 Å². The van der Waals surface area contributed by atoms with Crippen LogP contribution in [0.2, 0.25) is 0 Å². The van der Waals surface area contributed by atoms with Gasteiger partial charge in [0.25, 0.3) is 0 Å². The molecule has 0 unspecified atom stereocenters. The van der Waals surface area contributed by atoms with Crippen molar-refractivity contribution in [2.45, 2.75) is 71.1 Å². The van der Waals surface area contributed by atoms with Crippen LogP contribution in [0.15, 0.2) is 29.4 Å². The molecule has 0 spiro atoms. The van der Waals surface area contributed by atoms with Gasteiger partial charge in [-0.2, -0.15) is 0 Å². The third-order valence-corrected chi connectivity index (χ3v) is 5.68. The zero-order chi connectivity index (χ0) is 19.1. The van der Waals surface area contributed by atoms with Crippen LogP contribution in [0.5, 0.6) is 0 Å². The van der Waals surface area contributed by atoms with Crippen LogP contribution >= 0.6 is 11.8 Å². The van der Waals surface area contributed by atoms with E-state index in [1.807, 2.05) is 17.0 Å². The summed E-state index contributed by atoms with van der Waals surface area (Å²) < 4.78 is 0. The van der Waals surface area contributed by atoms with Gasteiger partial charge < -0.3 is 4.90 Å². The molecule has 26 heavy (non-hydrogen) atoms. The quantitative estimate of drug-likeness (QED) is 0.654. The SMILES string of the molecule is CCc1ccc(-c2nc(SCC(=O)N([C@@H](C)CC)[C@@H](C)CC)n[nH]2)cc1. The number of rotatable bonds is 9. The van der Waals surface area contributed by atoms with Crippen molar-refractivity contribution in [3.63, 3.8) is 0 Å². The lowest BCUT2D eigenvalue weighted by Crippen LogP contribution is -2.45. The molecule has 0 aliphatic carbocycles. The fourth-order valence-electron chi connectivity index (χ4n) is 2.86. The predicted molar refractivity (Wildman–Crippen MR) is 108 cm³/mol. The van der Waals surface area contributed by atoms with Crippen molar-refractivity contribution in [3.8, 4) is 11.4 Å². The van der Waals surface area contributed by atoms with Crippen LogP contribution in [0, 0.1) is 0 Å². The largest absolute Gasteiger partial charge is 0.337 e. The van der Waals surface area contributed by atoms with Crippen LogP contribution in [0.4, 0.5) is 0 Å². The molecule has 1 aromatic heterocycles. The number of aromatic amines is 1. The van der Waals surface area contributed by atoms with Gasteiger partial charge in [-0.1, -0.05) is 56.8 Å². The lowest BCUT2D eigenvalue weighted by Gasteiger charge is -2.33. The smallest absolute Gasteiger partial charge is 0.233 e. The van der Waals surface area contributed by atoms with Crippen LogP contribution in [-0.4, -0.2) is 43.8 Å². The van der Waals surface area contributed by atoms with Gasteiger partial charge in [-0.25, -0.2) is 4.98 Å². The number of carbonyl (C=O) groups is 1. The molecule has 0 radical (unpaired) electrons. The summed E-state index contributed by atoms with van der Waals surface area (Å²) in [5.74, 6) is 1.25. The monoisotopic (exact) mass is 374 g/mol. The molecule has 2 atom stereocenters. The van der Waals surface area contributed by atoms with E-state index in [1.165, 1.54) is 17.3 Å². The molecule has 6 heteroatoms. The summed E-state index contributed by atoms with van der Waals surface area (Å²) in [6.45, 7) is 10.6. The summed E-state index contributed by atoms with van der Waals surface area (Å²) in [5, 5.41) is 7.84. The second kappa shape index (κ2) is 9.76. The first kappa shape index (κ1) is 20.5. The molecular weight excluding hydrogens is 344 g/mol. The van der Waals surface area contributed by atoms with Gasteiger partial charge in [0, 0.05) is 17.6 Å². The Labute approximate surface area is 161 Å². The number of nitrogens with zero attached hydrogens (tertiary/aromatic N) is 3. The van der Waals surface area contributed by atoms with Gasteiger partial charge in [0.15, 0.2) is 5.82 Å². The first-order chi connectivity index (χ1) is 12.5. The van der Waals surface area contributed by atoms with E-state index < -0.39 is 0 Å². The van der Waals surface area contributed by atoms with Crippen LogP contribution in [0.3, 0.4) is 0 Å². The lowest BCUT2D eigenvalue weighted by atomic mass is 10.1. The van der Waals surface area contributed by atoms with Crippen molar-refractivity contribution in [2.24, 2.45) is 0 Å². The normalized spacial score (nSPS) is 13.4. The Kier molecular flexibility index (Phi) is 7.69. The van der Waals surface area contributed by atoms with E-state index in [1.54, 1.807) is 0 Å². The Morgan fingerprint density at radius 3 is 2.27 bits per heavy atom. The number of aryl methyl sites for hydroxylation is 1. The summed E-state index contributed by atoms with van der Waals surface area (Å²) in [4.78, 5) is 19.2. The van der Waals surface area contributed by atoms with Crippen molar-refractivity contribution in [3.05, 3.63) is 29.8 Å². The molecule has 0 bridgehead atoms. The summed E-state index contributed by atoms with van der Waals surface area (Å²) in [7, 11) is 0. The highest BCUT2D eigenvalue weighted by Gasteiger charge is 2.23. The number of carbonyl (C=O) groups excluding carboxylic acids is 1. The van der Waals surface area contributed by atoms with Crippen LogP contribution < -0.4 is 0 Å². The maximum atomic E-state index is 12.7. The summed E-state index contributed by atoms with van der Waals surface area (Å²) in [6, 6.07) is 8.80. The van der Waals surface area contributed by atoms with Gasteiger partial charge >= 0.3 is 0 Å². The Morgan fingerprint density at radius 2 is 1.73 bits per heavy atom. The summed E-state index contributed by atoms with van der Waals surface area (Å²) in [6.07, 6.45) is 2.93. The van der Waals surface area contributed by atoms with E-state index >= 15 is 0 Å². The molecule has 1 N–H and O–H groups in total. The molecular formula is C20H30N4OS. The third-order valence-electron chi connectivity index (χ3n) is 4.84. The molecule has 0 aliphatic rings. The average Bonchev–Trinajstić information content (AvgIpc) is 3.15. The molecule has 5 nitrogen and oxygen atoms in total. The Hall–Kier alpha value is -1.82. The molecule has 1 amide bonds. The number of amides is 1. The molecule has 1 aromatic carbocycles. The molecule has 0 aliphatic heterocycles. The van der Waals surface area contributed by atoms with Gasteiger partial charge in [-0.15, -0.1) is 5.10 Å². The molecule has 0 saturated heterocycles. The number of aromatic nitrogens is 3. The van der Waals surface area contributed by atoms with E-state index in [2.05, 4.69) is 61.9 Å². The van der Waals surface area contributed by atoms with Crippen LogP contribution in [-0.2, 0) is 11.2 Å². The second-order valence-corrected chi connectivity index (χ2v) is 7.56. The van der Waals surface area contributed by atoms with Gasteiger partial charge in [0.1, 0.15) is 0 Å². The minimum absolute atomic E-state index is 0.150. The van der Waals surface area contributed by atoms with Crippen LogP contribution in [0.1, 0.15) is 53.0 Å². The number of hydrogen-bond donors (Lipinski definition) is 1. The molecule has 2 aromatic rings. The highest BCUT2D eigenvalue weighted by Crippen LogP contribution is 2.21. The van der Waals surface area contributed by atoms with Gasteiger partial charge in [-0.05, 0) is 38.7 Å². The fraction of sp³-hybridized carbons (Fsp3) is 0.550. The fourth-order valence-corrected chi connectivity index (χ4v) is 3.53.